The van der Waals surface area contributed by atoms with Crippen LogP contribution in [-0.2, 0) is 0 Å². The zero-order valence-electron chi connectivity index (χ0n) is 17.2. The third kappa shape index (κ3) is 2.49. The largest absolute Gasteiger partial charge is 0.0791 e. The minimum atomic E-state index is -1.68. The lowest BCUT2D eigenvalue weighted by Crippen LogP contribution is -2.39. The van der Waals surface area contributed by atoms with Crippen molar-refractivity contribution >= 4 is 30.5 Å². The Morgan fingerprint density at radius 2 is 1.54 bits per heavy atom. The number of hydrogen-bond donors (Lipinski definition) is 0. The molecule has 0 bridgehead atoms. The fourth-order valence-corrected chi connectivity index (χ4v) is 9.11. The molecule has 3 aromatic carbocycles. The molecule has 0 fully saturated rings. The van der Waals surface area contributed by atoms with Gasteiger partial charge in [-0.15, -0.1) is 0 Å². The summed E-state index contributed by atoms with van der Waals surface area (Å²) in [4.78, 5) is 0. The Morgan fingerprint density at radius 3 is 2.36 bits per heavy atom. The Balaban J connectivity index is 1.62. The molecule has 0 saturated heterocycles. The van der Waals surface area contributed by atoms with Crippen LogP contribution in [0.2, 0.25) is 13.1 Å². The molecule has 0 nitrogen and oxygen atoms in total. The third-order valence-corrected chi connectivity index (χ3v) is 11.2. The molecule has 0 spiro atoms. The summed E-state index contributed by atoms with van der Waals surface area (Å²) in [6.07, 6.45) is 7.52. The van der Waals surface area contributed by atoms with E-state index in [9.17, 15) is 0 Å². The highest BCUT2D eigenvalue weighted by Crippen LogP contribution is 2.50. The predicted molar refractivity (Wildman–Crippen MR) is 125 cm³/mol. The Bertz CT molecular complexity index is 1130. The van der Waals surface area contributed by atoms with Gasteiger partial charge in [0.1, 0.15) is 0 Å². The molecule has 0 radical (unpaired) electrons. The molecule has 0 aliphatic heterocycles. The number of allylic oxidation sites excluding steroid dienone is 3. The van der Waals surface area contributed by atoms with E-state index in [1.54, 1.807) is 16.7 Å². The lowest BCUT2D eigenvalue weighted by atomic mass is 9.97. The van der Waals surface area contributed by atoms with E-state index in [4.69, 9.17) is 0 Å². The van der Waals surface area contributed by atoms with Gasteiger partial charge < -0.3 is 0 Å². The maximum Gasteiger partial charge on any atom is 0.0715 e. The van der Waals surface area contributed by atoms with Gasteiger partial charge in [-0.1, -0.05) is 106 Å². The van der Waals surface area contributed by atoms with Gasteiger partial charge in [-0.2, -0.15) is 0 Å². The van der Waals surface area contributed by atoms with Crippen molar-refractivity contribution in [3.8, 4) is 0 Å². The van der Waals surface area contributed by atoms with Crippen LogP contribution in [-0.4, -0.2) is 8.07 Å². The summed E-state index contributed by atoms with van der Waals surface area (Å²) in [7, 11) is -1.68. The van der Waals surface area contributed by atoms with Gasteiger partial charge in [0.05, 0.1) is 8.07 Å². The van der Waals surface area contributed by atoms with Crippen molar-refractivity contribution in [3.05, 3.63) is 95.1 Å². The second-order valence-electron chi connectivity index (χ2n) is 9.29. The number of rotatable bonds is 3. The van der Waals surface area contributed by atoms with Crippen LogP contribution < -0.4 is 0 Å². The van der Waals surface area contributed by atoms with Gasteiger partial charge in [0.2, 0.25) is 0 Å². The fraction of sp³-hybridized carbons (Fsp3) is 0.259. The summed E-state index contributed by atoms with van der Waals surface area (Å²) in [6, 6.07) is 22.6. The van der Waals surface area contributed by atoms with E-state index in [2.05, 4.69) is 106 Å². The van der Waals surface area contributed by atoms with Gasteiger partial charge in [0.15, 0.2) is 0 Å². The highest BCUT2D eigenvalue weighted by atomic mass is 28.3. The van der Waals surface area contributed by atoms with Gasteiger partial charge in [-0.05, 0) is 55.6 Å². The van der Waals surface area contributed by atoms with Gasteiger partial charge in [-0.3, -0.25) is 0 Å². The monoisotopic (exact) mass is 380 g/mol. The second kappa shape index (κ2) is 6.32. The van der Waals surface area contributed by atoms with Crippen molar-refractivity contribution in [1.82, 2.24) is 0 Å². The summed E-state index contributed by atoms with van der Waals surface area (Å²) < 4.78 is 0. The summed E-state index contributed by atoms with van der Waals surface area (Å²) in [6.45, 7) is 9.84. The number of hydrogen-bond acceptors (Lipinski definition) is 0. The van der Waals surface area contributed by atoms with E-state index < -0.39 is 8.07 Å². The molecule has 2 atom stereocenters. The Hall–Kier alpha value is -2.38. The predicted octanol–water partition coefficient (Wildman–Crippen LogP) is 7.57. The molecule has 2 aliphatic carbocycles. The molecular weight excluding hydrogens is 352 g/mol. The topological polar surface area (TPSA) is 0 Å². The summed E-state index contributed by atoms with van der Waals surface area (Å²) >= 11 is 0. The van der Waals surface area contributed by atoms with Gasteiger partial charge in [0, 0.05) is 0 Å². The maximum absolute atomic E-state index is 2.62. The van der Waals surface area contributed by atoms with E-state index in [1.807, 2.05) is 0 Å². The average molecular weight is 381 g/mol. The summed E-state index contributed by atoms with van der Waals surface area (Å²) in [5, 5.41) is 2.74. The van der Waals surface area contributed by atoms with Crippen molar-refractivity contribution < 1.29 is 0 Å². The van der Waals surface area contributed by atoms with E-state index in [0.717, 1.165) is 0 Å². The molecule has 0 aromatic heterocycles. The molecule has 0 heterocycles. The molecule has 2 aliphatic rings. The Morgan fingerprint density at radius 1 is 0.786 bits per heavy atom. The highest BCUT2D eigenvalue weighted by Gasteiger charge is 2.44. The standard InChI is InChI=1S/C27H28Si/c1-18(2)25-17-27(23-12-8-7-11-21(23)25)28(3,4)26-16-15-22-20-10-6-5-9-19(20)13-14-24(22)26/h5-18,26-27H,1-4H3. The van der Waals surface area contributed by atoms with Gasteiger partial charge >= 0.3 is 0 Å². The van der Waals surface area contributed by atoms with Crippen molar-refractivity contribution in [2.75, 3.05) is 0 Å². The molecule has 2 unspecified atom stereocenters. The molecule has 28 heavy (non-hydrogen) atoms. The van der Waals surface area contributed by atoms with Crippen LogP contribution in [0.1, 0.15) is 47.2 Å². The van der Waals surface area contributed by atoms with Crippen molar-refractivity contribution in [2.24, 2.45) is 5.92 Å². The van der Waals surface area contributed by atoms with E-state index >= 15 is 0 Å². The van der Waals surface area contributed by atoms with Crippen molar-refractivity contribution in [3.63, 3.8) is 0 Å². The average Bonchev–Trinajstić information content (AvgIpc) is 3.31. The summed E-state index contributed by atoms with van der Waals surface area (Å²) in [5.74, 6) is 0.575. The quantitative estimate of drug-likeness (QED) is 0.411. The smallest absolute Gasteiger partial charge is 0.0715 e. The first-order valence-corrected chi connectivity index (χ1v) is 13.6. The van der Waals surface area contributed by atoms with Crippen LogP contribution >= 0.6 is 0 Å². The summed E-state index contributed by atoms with van der Waals surface area (Å²) in [5.41, 5.74) is 8.72. The van der Waals surface area contributed by atoms with Crippen molar-refractivity contribution in [1.29, 1.82) is 0 Å². The molecule has 0 amide bonds. The van der Waals surface area contributed by atoms with E-state index in [-0.39, 0.29) is 0 Å². The molecular formula is C27H28Si. The zero-order valence-corrected chi connectivity index (χ0v) is 18.2. The molecule has 3 aromatic rings. The van der Waals surface area contributed by atoms with Crippen LogP contribution in [0.4, 0.5) is 0 Å². The Labute approximate surface area is 169 Å². The first-order chi connectivity index (χ1) is 13.5. The zero-order chi connectivity index (χ0) is 19.5. The lowest BCUT2D eigenvalue weighted by molar-refractivity contribution is 0.857. The second-order valence-corrected chi connectivity index (χ2v) is 14.2. The van der Waals surface area contributed by atoms with E-state index in [1.165, 1.54) is 21.9 Å². The fourth-order valence-electron chi connectivity index (χ4n) is 5.42. The van der Waals surface area contributed by atoms with Crippen LogP contribution in [0.5, 0.6) is 0 Å². The highest BCUT2D eigenvalue weighted by molar-refractivity contribution is 6.81. The molecule has 140 valence electrons. The minimum absolute atomic E-state index is 0.563. The number of benzene rings is 3. The van der Waals surface area contributed by atoms with Crippen LogP contribution in [0.25, 0.3) is 22.4 Å². The first kappa shape index (κ1) is 17.7. The third-order valence-electron chi connectivity index (χ3n) is 6.97. The van der Waals surface area contributed by atoms with Gasteiger partial charge in [-0.25, -0.2) is 0 Å². The van der Waals surface area contributed by atoms with Crippen molar-refractivity contribution in [2.45, 2.75) is 38.0 Å². The molecule has 0 N–H and O–H groups in total. The molecule has 0 saturated carbocycles. The van der Waals surface area contributed by atoms with E-state index in [0.29, 0.717) is 17.0 Å². The normalized spacial score (nSPS) is 20.5. The molecule has 5 rings (SSSR count). The first-order valence-electron chi connectivity index (χ1n) is 10.5. The minimum Gasteiger partial charge on any atom is -0.0791 e. The van der Waals surface area contributed by atoms with Crippen LogP contribution in [0, 0.1) is 5.92 Å². The Kier molecular flexibility index (Phi) is 3.99. The van der Waals surface area contributed by atoms with Crippen LogP contribution in [0.15, 0.2) is 72.8 Å². The molecule has 1 heteroatoms. The van der Waals surface area contributed by atoms with Gasteiger partial charge in [0.25, 0.3) is 0 Å². The SMILES string of the molecule is CC(C)C1=CC([Si](C)(C)C2C=Cc3c2ccc2ccccc32)c2ccccc21. The lowest BCUT2D eigenvalue weighted by Gasteiger charge is -2.35. The van der Waals surface area contributed by atoms with Crippen LogP contribution in [0.3, 0.4) is 0 Å². The number of fused-ring (bicyclic) bond motifs is 4. The maximum atomic E-state index is 2.62.